The van der Waals surface area contributed by atoms with Gasteiger partial charge in [0.15, 0.2) is 0 Å². The van der Waals surface area contributed by atoms with Gasteiger partial charge in [0.05, 0.1) is 21.3 Å². The third kappa shape index (κ3) is 3.13. The van der Waals surface area contributed by atoms with E-state index in [2.05, 4.69) is 132 Å². The third-order valence-electron chi connectivity index (χ3n) is 8.17. The Morgan fingerprint density at radius 1 is 0.500 bits per heavy atom. The van der Waals surface area contributed by atoms with E-state index in [4.69, 9.17) is 4.98 Å². The molecule has 0 spiro atoms. The molecule has 0 saturated heterocycles. The highest BCUT2D eigenvalue weighted by Gasteiger charge is 2.17. The minimum atomic E-state index is 1.06. The summed E-state index contributed by atoms with van der Waals surface area (Å²) in [6, 6.07) is 48.4. The lowest BCUT2D eigenvalue weighted by Gasteiger charge is -2.10. The second-order valence-electron chi connectivity index (χ2n) is 10.4. The Hall–Kier alpha value is -4.99. The van der Waals surface area contributed by atoms with Gasteiger partial charge in [0.25, 0.3) is 0 Å². The number of benzene rings is 7. The van der Waals surface area contributed by atoms with Crippen molar-refractivity contribution in [2.75, 3.05) is 0 Å². The Balaban J connectivity index is 1.30. The average molecular weight is 527 g/mol. The highest BCUT2D eigenvalue weighted by Crippen LogP contribution is 2.41. The molecule has 7 aromatic carbocycles. The van der Waals surface area contributed by atoms with E-state index in [9.17, 15) is 0 Å². The lowest BCUT2D eigenvalue weighted by molar-refractivity contribution is 1.19. The van der Waals surface area contributed by atoms with Crippen molar-refractivity contribution in [1.82, 2.24) is 9.55 Å². The van der Waals surface area contributed by atoms with E-state index in [1.807, 2.05) is 6.07 Å². The molecule has 40 heavy (non-hydrogen) atoms. The van der Waals surface area contributed by atoms with Crippen LogP contribution in [-0.4, -0.2) is 9.55 Å². The Bertz CT molecular complexity index is 2320. The first-order chi connectivity index (χ1) is 19.8. The van der Waals surface area contributed by atoms with Crippen LogP contribution in [0.3, 0.4) is 0 Å². The predicted molar refractivity (Wildman–Crippen MR) is 172 cm³/mol. The number of fused-ring (bicyclic) bond motifs is 9. The number of rotatable bonds is 2. The second-order valence-corrected chi connectivity index (χ2v) is 11.5. The van der Waals surface area contributed by atoms with Crippen LogP contribution in [-0.2, 0) is 0 Å². The molecule has 0 saturated carbocycles. The van der Waals surface area contributed by atoms with Crippen molar-refractivity contribution in [3.8, 4) is 16.3 Å². The molecule has 0 fully saturated rings. The van der Waals surface area contributed by atoms with Gasteiger partial charge in [-0.2, -0.15) is 0 Å². The van der Waals surface area contributed by atoms with Crippen molar-refractivity contribution in [3.63, 3.8) is 0 Å². The molecule has 0 radical (unpaired) electrons. The summed E-state index contributed by atoms with van der Waals surface area (Å²) in [5.74, 6) is 0. The number of thiazole rings is 1. The van der Waals surface area contributed by atoms with Gasteiger partial charge in [-0.1, -0.05) is 91.0 Å². The molecule has 0 bridgehead atoms. The summed E-state index contributed by atoms with van der Waals surface area (Å²) in [5.41, 5.74) is 5.86. The molecule has 0 aliphatic heterocycles. The second kappa shape index (κ2) is 8.25. The van der Waals surface area contributed by atoms with Crippen LogP contribution in [0.15, 0.2) is 133 Å². The van der Waals surface area contributed by atoms with Crippen LogP contribution >= 0.6 is 11.3 Å². The quantitative estimate of drug-likeness (QED) is 0.219. The monoisotopic (exact) mass is 526 g/mol. The summed E-state index contributed by atoms with van der Waals surface area (Å²) >= 11 is 1.75. The number of para-hydroxylation sites is 1. The first kappa shape index (κ1) is 21.9. The molecular weight excluding hydrogens is 504 g/mol. The maximum absolute atomic E-state index is 4.88. The zero-order chi connectivity index (χ0) is 26.2. The predicted octanol–water partition coefficient (Wildman–Crippen LogP) is 10.5. The number of nitrogens with zero attached hydrogens (tertiary/aromatic N) is 2. The maximum atomic E-state index is 4.88. The van der Waals surface area contributed by atoms with Gasteiger partial charge in [-0.3, -0.25) is 0 Å². The van der Waals surface area contributed by atoms with E-state index >= 15 is 0 Å². The molecule has 186 valence electrons. The summed E-state index contributed by atoms with van der Waals surface area (Å²) in [5, 5.41) is 11.3. The van der Waals surface area contributed by atoms with Gasteiger partial charge in [0, 0.05) is 22.0 Å². The molecule has 0 aliphatic carbocycles. The summed E-state index contributed by atoms with van der Waals surface area (Å²) in [6.07, 6.45) is 0. The first-order valence-electron chi connectivity index (χ1n) is 13.6. The molecular formula is C37H22N2S. The minimum absolute atomic E-state index is 1.06. The summed E-state index contributed by atoms with van der Waals surface area (Å²) < 4.78 is 3.66. The summed E-state index contributed by atoms with van der Waals surface area (Å²) in [6.45, 7) is 0. The lowest BCUT2D eigenvalue weighted by atomic mass is 10.00. The Morgan fingerprint density at radius 3 is 1.82 bits per heavy atom. The smallest absolute Gasteiger partial charge is 0.124 e. The number of hydrogen-bond donors (Lipinski definition) is 0. The van der Waals surface area contributed by atoms with Crippen LogP contribution in [0.1, 0.15) is 0 Å². The largest absolute Gasteiger partial charge is 0.309 e. The zero-order valence-electron chi connectivity index (χ0n) is 21.5. The molecule has 9 aromatic rings. The van der Waals surface area contributed by atoms with Gasteiger partial charge in [-0.25, -0.2) is 4.98 Å². The maximum Gasteiger partial charge on any atom is 0.124 e. The van der Waals surface area contributed by atoms with Gasteiger partial charge in [0.2, 0.25) is 0 Å². The fourth-order valence-electron chi connectivity index (χ4n) is 6.33. The van der Waals surface area contributed by atoms with Crippen molar-refractivity contribution < 1.29 is 0 Å². The minimum Gasteiger partial charge on any atom is -0.309 e. The van der Waals surface area contributed by atoms with Gasteiger partial charge in [-0.05, 0) is 74.8 Å². The van der Waals surface area contributed by atoms with E-state index in [0.29, 0.717) is 0 Å². The molecule has 9 rings (SSSR count). The Labute approximate surface area is 234 Å². The van der Waals surface area contributed by atoms with E-state index in [-0.39, 0.29) is 0 Å². The topological polar surface area (TPSA) is 17.8 Å². The zero-order valence-corrected chi connectivity index (χ0v) is 22.3. The number of aromatic nitrogens is 2. The average Bonchev–Trinajstić information content (AvgIpc) is 3.60. The van der Waals surface area contributed by atoms with Crippen LogP contribution in [0.5, 0.6) is 0 Å². The van der Waals surface area contributed by atoms with Gasteiger partial charge in [-0.15, -0.1) is 11.3 Å². The van der Waals surface area contributed by atoms with E-state index in [1.54, 1.807) is 11.3 Å². The van der Waals surface area contributed by atoms with Gasteiger partial charge < -0.3 is 4.57 Å². The van der Waals surface area contributed by atoms with Crippen LogP contribution in [0.25, 0.3) is 80.6 Å². The van der Waals surface area contributed by atoms with Crippen molar-refractivity contribution in [2.24, 2.45) is 0 Å². The van der Waals surface area contributed by atoms with Crippen LogP contribution in [0, 0.1) is 0 Å². The fourth-order valence-corrected chi connectivity index (χ4v) is 7.29. The van der Waals surface area contributed by atoms with Crippen LogP contribution < -0.4 is 0 Å². The SMILES string of the molecule is c1ccc2c(c1)ccc1c2c2c3ccccc3ccc2n1-c1ccc2cc(-c3nc4ccccc4s3)ccc2c1. The molecule has 2 heterocycles. The lowest BCUT2D eigenvalue weighted by Crippen LogP contribution is -1.94. The van der Waals surface area contributed by atoms with Crippen molar-refractivity contribution in [2.45, 2.75) is 0 Å². The number of hydrogen-bond acceptors (Lipinski definition) is 2. The van der Waals surface area contributed by atoms with E-state index in [0.717, 1.165) is 16.1 Å². The summed E-state index contributed by atoms with van der Waals surface area (Å²) in [7, 11) is 0. The van der Waals surface area contributed by atoms with E-state index < -0.39 is 0 Å². The molecule has 2 nitrogen and oxygen atoms in total. The van der Waals surface area contributed by atoms with Gasteiger partial charge in [0.1, 0.15) is 5.01 Å². The summed E-state index contributed by atoms with van der Waals surface area (Å²) in [4.78, 5) is 4.88. The standard InChI is InChI=1S/C37H22N2S/c1-3-9-29-23(7-1)16-19-32-35(29)36-30-10-4-2-8-24(30)17-20-33(36)39(32)28-18-15-25-21-27(14-13-26(25)22-28)37-38-31-11-5-6-12-34(31)40-37/h1-22H. The molecule has 0 N–H and O–H groups in total. The van der Waals surface area contributed by atoms with Crippen molar-refractivity contribution in [1.29, 1.82) is 0 Å². The molecule has 2 aromatic heterocycles. The first-order valence-corrected chi connectivity index (χ1v) is 14.4. The van der Waals surface area contributed by atoms with Crippen molar-refractivity contribution in [3.05, 3.63) is 133 Å². The highest BCUT2D eigenvalue weighted by atomic mass is 32.1. The molecule has 0 atom stereocenters. The Morgan fingerprint density at radius 2 is 1.10 bits per heavy atom. The Kier molecular flexibility index (Phi) is 4.52. The highest BCUT2D eigenvalue weighted by molar-refractivity contribution is 7.21. The third-order valence-corrected chi connectivity index (χ3v) is 9.25. The molecule has 0 unspecified atom stereocenters. The van der Waals surface area contributed by atoms with Crippen molar-refractivity contribution >= 4 is 75.7 Å². The van der Waals surface area contributed by atoms with Crippen LogP contribution in [0.2, 0.25) is 0 Å². The molecule has 0 aliphatic rings. The fraction of sp³-hybridized carbons (Fsp3) is 0. The normalized spacial score (nSPS) is 12.0. The molecule has 3 heteroatoms. The van der Waals surface area contributed by atoms with Gasteiger partial charge >= 0.3 is 0 Å². The van der Waals surface area contributed by atoms with E-state index in [1.165, 1.54) is 64.5 Å². The molecule has 0 amide bonds. The van der Waals surface area contributed by atoms with Crippen LogP contribution in [0.4, 0.5) is 0 Å².